The van der Waals surface area contributed by atoms with Crippen LogP contribution in [-0.4, -0.2) is 10.1 Å². The van der Waals surface area contributed by atoms with Crippen LogP contribution < -0.4 is 5.73 Å². The smallest absolute Gasteiger partial charge is 0.234 e. The van der Waals surface area contributed by atoms with Crippen molar-refractivity contribution in [2.24, 2.45) is 0 Å². The number of nitrogens with two attached hydrogens (primary N) is 1. The van der Waals surface area contributed by atoms with E-state index in [2.05, 4.69) is 17.6 Å². The Hall–Kier alpha value is -1.03. The number of nitrogens with zero attached hydrogens (tertiary/aromatic N) is 1. The predicted molar refractivity (Wildman–Crippen MR) is 42.0 cm³/mol. The normalized spacial score (nSPS) is 9.30. The van der Waals surface area contributed by atoms with Crippen LogP contribution >= 0.6 is 12.6 Å². The molecular formula is C6H6N2OS. The third-order valence-corrected chi connectivity index (χ3v) is 1.22. The van der Waals surface area contributed by atoms with Crippen molar-refractivity contribution in [1.29, 1.82) is 0 Å². The molecule has 0 spiro atoms. The van der Waals surface area contributed by atoms with Gasteiger partial charge in [0.25, 0.3) is 0 Å². The Morgan fingerprint density at radius 3 is 2.70 bits per heavy atom. The second kappa shape index (κ2) is 2.70. The van der Waals surface area contributed by atoms with Crippen LogP contribution in [0.2, 0.25) is 0 Å². The lowest BCUT2D eigenvalue weighted by atomic mass is 10.4. The summed E-state index contributed by atoms with van der Waals surface area (Å²) in [5.74, 6) is 0.333. The molecule has 0 amide bonds. The lowest BCUT2D eigenvalue weighted by Gasteiger charge is -1.93. The van der Waals surface area contributed by atoms with Gasteiger partial charge < -0.3 is 5.73 Å². The van der Waals surface area contributed by atoms with E-state index in [1.54, 1.807) is 18.2 Å². The minimum atomic E-state index is -0.368. The number of pyridine rings is 1. The molecule has 10 heavy (non-hydrogen) atoms. The number of hydrogen-bond acceptors (Lipinski definition) is 3. The second-order valence-electron chi connectivity index (χ2n) is 1.75. The van der Waals surface area contributed by atoms with Gasteiger partial charge in [0.05, 0.1) is 0 Å². The Morgan fingerprint density at radius 2 is 2.30 bits per heavy atom. The van der Waals surface area contributed by atoms with Gasteiger partial charge in [0.1, 0.15) is 11.5 Å². The van der Waals surface area contributed by atoms with Crippen molar-refractivity contribution in [1.82, 2.24) is 4.98 Å². The van der Waals surface area contributed by atoms with Gasteiger partial charge in [0.2, 0.25) is 5.12 Å². The van der Waals surface area contributed by atoms with Crippen LogP contribution in [0.3, 0.4) is 0 Å². The number of rotatable bonds is 1. The molecule has 0 aliphatic rings. The van der Waals surface area contributed by atoms with Crippen molar-refractivity contribution < 1.29 is 4.79 Å². The Labute approximate surface area is 63.7 Å². The zero-order valence-corrected chi connectivity index (χ0v) is 6.01. The summed E-state index contributed by atoms with van der Waals surface area (Å²) in [5, 5.41) is -0.368. The van der Waals surface area contributed by atoms with Crippen molar-refractivity contribution in [2.45, 2.75) is 0 Å². The molecule has 0 aromatic carbocycles. The first-order chi connectivity index (χ1) is 4.70. The Morgan fingerprint density at radius 1 is 1.60 bits per heavy atom. The zero-order chi connectivity index (χ0) is 7.56. The number of aromatic nitrogens is 1. The zero-order valence-electron chi connectivity index (χ0n) is 5.11. The highest BCUT2D eigenvalue weighted by Gasteiger charge is 1.99. The topological polar surface area (TPSA) is 56.0 Å². The SMILES string of the molecule is Nc1cccc(C(=O)S)n1. The van der Waals surface area contributed by atoms with E-state index in [4.69, 9.17) is 5.73 Å². The maximum absolute atomic E-state index is 10.5. The third-order valence-electron chi connectivity index (χ3n) is 0.990. The van der Waals surface area contributed by atoms with E-state index >= 15 is 0 Å². The largest absolute Gasteiger partial charge is 0.384 e. The van der Waals surface area contributed by atoms with Crippen LogP contribution in [0, 0.1) is 0 Å². The molecule has 0 aliphatic carbocycles. The van der Waals surface area contributed by atoms with Crippen LogP contribution in [0.1, 0.15) is 10.5 Å². The highest BCUT2D eigenvalue weighted by atomic mass is 32.1. The van der Waals surface area contributed by atoms with E-state index < -0.39 is 0 Å². The first kappa shape index (κ1) is 7.08. The van der Waals surface area contributed by atoms with E-state index in [1.807, 2.05) is 0 Å². The Bertz CT molecular complexity index is 262. The van der Waals surface area contributed by atoms with E-state index in [0.717, 1.165) is 0 Å². The van der Waals surface area contributed by atoms with Crippen molar-refractivity contribution in [3.63, 3.8) is 0 Å². The molecule has 4 heteroatoms. The summed E-state index contributed by atoms with van der Waals surface area (Å²) in [5.41, 5.74) is 5.58. The summed E-state index contributed by atoms with van der Waals surface area (Å²) in [4.78, 5) is 14.3. The number of thiol groups is 1. The molecule has 0 saturated carbocycles. The molecule has 0 unspecified atom stereocenters. The van der Waals surface area contributed by atoms with Gasteiger partial charge in [-0.15, -0.1) is 0 Å². The highest BCUT2D eigenvalue weighted by molar-refractivity contribution is 7.97. The quantitative estimate of drug-likeness (QED) is 0.586. The molecule has 0 aliphatic heterocycles. The third kappa shape index (κ3) is 1.48. The van der Waals surface area contributed by atoms with Gasteiger partial charge in [-0.05, 0) is 12.1 Å². The van der Waals surface area contributed by atoms with E-state index in [0.29, 0.717) is 5.82 Å². The molecular weight excluding hydrogens is 148 g/mol. The number of anilines is 1. The molecule has 1 aromatic heterocycles. The molecule has 0 atom stereocenters. The average Bonchev–Trinajstić information content (AvgIpc) is 1.88. The molecule has 2 N–H and O–H groups in total. The highest BCUT2D eigenvalue weighted by Crippen LogP contribution is 2.02. The summed E-state index contributed by atoms with van der Waals surface area (Å²) in [6.07, 6.45) is 0. The summed E-state index contributed by atoms with van der Waals surface area (Å²) in [6, 6.07) is 4.83. The minimum absolute atomic E-state index is 0.281. The molecule has 1 aromatic rings. The van der Waals surface area contributed by atoms with Gasteiger partial charge in [-0.3, -0.25) is 4.79 Å². The lowest BCUT2D eigenvalue weighted by Crippen LogP contribution is -1.97. The number of nitrogen functional groups attached to an aromatic ring is 1. The van der Waals surface area contributed by atoms with Crippen molar-refractivity contribution in [2.75, 3.05) is 5.73 Å². The van der Waals surface area contributed by atoms with Gasteiger partial charge in [-0.2, -0.15) is 0 Å². The predicted octanol–water partition coefficient (Wildman–Crippen LogP) is 0.734. The molecule has 1 heterocycles. The maximum atomic E-state index is 10.5. The summed E-state index contributed by atoms with van der Waals surface area (Å²) in [7, 11) is 0. The fourth-order valence-electron chi connectivity index (χ4n) is 0.571. The van der Waals surface area contributed by atoms with Gasteiger partial charge in [-0.25, -0.2) is 4.98 Å². The van der Waals surface area contributed by atoms with Gasteiger partial charge in [-0.1, -0.05) is 18.7 Å². The molecule has 0 radical (unpaired) electrons. The summed E-state index contributed by atoms with van der Waals surface area (Å²) < 4.78 is 0. The van der Waals surface area contributed by atoms with E-state index in [-0.39, 0.29) is 10.8 Å². The van der Waals surface area contributed by atoms with Crippen molar-refractivity contribution >= 4 is 23.6 Å². The average molecular weight is 154 g/mol. The minimum Gasteiger partial charge on any atom is -0.384 e. The van der Waals surface area contributed by atoms with Crippen LogP contribution in [0.4, 0.5) is 5.82 Å². The van der Waals surface area contributed by atoms with Gasteiger partial charge in [0, 0.05) is 0 Å². The number of carbonyl (C=O) groups excluding carboxylic acids is 1. The van der Waals surface area contributed by atoms with Gasteiger partial charge >= 0.3 is 0 Å². The van der Waals surface area contributed by atoms with E-state index in [1.165, 1.54) is 0 Å². The Balaban J connectivity index is 3.07. The number of carbonyl (C=O) groups is 1. The summed E-state index contributed by atoms with van der Waals surface area (Å²) >= 11 is 3.58. The van der Waals surface area contributed by atoms with Crippen LogP contribution in [0.5, 0.6) is 0 Å². The molecule has 0 saturated heterocycles. The molecule has 3 nitrogen and oxygen atoms in total. The summed E-state index contributed by atoms with van der Waals surface area (Å²) in [6.45, 7) is 0. The van der Waals surface area contributed by atoms with Crippen LogP contribution in [-0.2, 0) is 0 Å². The van der Waals surface area contributed by atoms with Gasteiger partial charge in [0.15, 0.2) is 0 Å². The molecule has 52 valence electrons. The van der Waals surface area contributed by atoms with Crippen LogP contribution in [0.15, 0.2) is 18.2 Å². The molecule has 0 fully saturated rings. The number of hydrogen-bond donors (Lipinski definition) is 2. The molecule has 1 rings (SSSR count). The standard InChI is InChI=1S/C6H6N2OS/c7-5-3-1-2-4(8-5)6(9)10/h1-3H,(H2,7,8)(H,9,10). The second-order valence-corrected chi connectivity index (χ2v) is 2.16. The fraction of sp³-hybridized carbons (Fsp3) is 0. The first-order valence-corrected chi connectivity index (χ1v) is 3.10. The van der Waals surface area contributed by atoms with E-state index in [9.17, 15) is 4.79 Å². The molecule has 0 bridgehead atoms. The van der Waals surface area contributed by atoms with Crippen molar-refractivity contribution in [3.05, 3.63) is 23.9 Å². The fourth-order valence-corrected chi connectivity index (χ4v) is 0.695. The maximum Gasteiger partial charge on any atom is 0.234 e. The Kier molecular flexibility index (Phi) is 1.91. The first-order valence-electron chi connectivity index (χ1n) is 2.66. The monoisotopic (exact) mass is 154 g/mol. The van der Waals surface area contributed by atoms with Crippen molar-refractivity contribution in [3.8, 4) is 0 Å². The van der Waals surface area contributed by atoms with Crippen LogP contribution in [0.25, 0.3) is 0 Å². The lowest BCUT2D eigenvalue weighted by molar-refractivity contribution is 0.108.